The normalized spacial score (nSPS) is 9.47. The van der Waals surface area contributed by atoms with Crippen LogP contribution in [0.4, 0.5) is 0 Å². The maximum Gasteiger partial charge on any atom is 0.260 e. The number of hydrogen-bond acceptors (Lipinski definition) is 3. The van der Waals surface area contributed by atoms with Gasteiger partial charge in [-0.2, -0.15) is 5.10 Å². The van der Waals surface area contributed by atoms with E-state index in [2.05, 4.69) is 21.3 Å². The summed E-state index contributed by atoms with van der Waals surface area (Å²) in [6, 6.07) is 0. The van der Waals surface area contributed by atoms with Crippen LogP contribution in [0.5, 0.6) is 0 Å². The highest BCUT2D eigenvalue weighted by Crippen LogP contribution is 1.92. The summed E-state index contributed by atoms with van der Waals surface area (Å²) in [5.41, 5.74) is 5.99. The number of aromatic nitrogens is 2. The van der Waals surface area contributed by atoms with E-state index in [4.69, 9.17) is 12.2 Å². The Morgan fingerprint density at radius 2 is 2.33 bits per heavy atom. The molecule has 0 saturated carbocycles. The number of nitrogens with zero attached hydrogens (tertiary/aromatic N) is 2. The maximum absolute atomic E-state index is 11.3. The quantitative estimate of drug-likeness (QED) is 0.461. The third-order valence-corrected chi connectivity index (χ3v) is 1.92. The van der Waals surface area contributed by atoms with Crippen LogP contribution in [-0.2, 0) is 11.3 Å². The zero-order chi connectivity index (χ0) is 11.3. The SMILES string of the molecule is CNC(=S)NNC(=O)Cn1cc(C)cn1. The lowest BCUT2D eigenvalue weighted by molar-refractivity contribution is -0.122. The minimum absolute atomic E-state index is 0.160. The Balaban J connectivity index is 2.33. The third-order valence-electron chi connectivity index (χ3n) is 1.61. The minimum atomic E-state index is -0.212. The van der Waals surface area contributed by atoms with E-state index >= 15 is 0 Å². The molecule has 1 aromatic rings. The molecule has 0 spiro atoms. The minimum Gasteiger partial charge on any atom is -0.364 e. The molecule has 0 fully saturated rings. The van der Waals surface area contributed by atoms with Crippen molar-refractivity contribution in [2.75, 3.05) is 7.05 Å². The van der Waals surface area contributed by atoms with Crippen molar-refractivity contribution in [2.24, 2.45) is 0 Å². The van der Waals surface area contributed by atoms with Crippen molar-refractivity contribution in [3.63, 3.8) is 0 Å². The summed E-state index contributed by atoms with van der Waals surface area (Å²) in [6.45, 7) is 2.07. The van der Waals surface area contributed by atoms with E-state index in [1.165, 1.54) is 0 Å². The van der Waals surface area contributed by atoms with Crippen LogP contribution in [0.1, 0.15) is 5.56 Å². The number of thiocarbonyl (C=S) groups is 1. The summed E-state index contributed by atoms with van der Waals surface area (Å²) in [4.78, 5) is 11.3. The Morgan fingerprint density at radius 1 is 1.60 bits per heavy atom. The van der Waals surface area contributed by atoms with Gasteiger partial charge in [0.05, 0.1) is 6.20 Å². The van der Waals surface area contributed by atoms with Crippen LogP contribution in [0.25, 0.3) is 0 Å². The highest BCUT2D eigenvalue weighted by atomic mass is 32.1. The number of rotatable bonds is 2. The van der Waals surface area contributed by atoms with Gasteiger partial charge in [-0.25, -0.2) is 0 Å². The number of hydrazine groups is 1. The molecule has 3 N–H and O–H groups in total. The molecule has 0 saturated heterocycles. The summed E-state index contributed by atoms with van der Waals surface area (Å²) in [7, 11) is 1.67. The summed E-state index contributed by atoms with van der Waals surface area (Å²) in [5.74, 6) is -0.212. The first-order chi connectivity index (χ1) is 7.11. The topological polar surface area (TPSA) is 71.0 Å². The van der Waals surface area contributed by atoms with Crippen LogP contribution in [-0.4, -0.2) is 27.8 Å². The van der Waals surface area contributed by atoms with Gasteiger partial charge in [0, 0.05) is 13.2 Å². The molecule has 0 aromatic carbocycles. The van der Waals surface area contributed by atoms with Crippen LogP contribution < -0.4 is 16.2 Å². The Kier molecular flexibility index (Phi) is 4.04. The van der Waals surface area contributed by atoms with Gasteiger partial charge in [0.1, 0.15) is 6.54 Å². The van der Waals surface area contributed by atoms with Gasteiger partial charge >= 0.3 is 0 Å². The molecule has 82 valence electrons. The fourth-order valence-electron chi connectivity index (χ4n) is 0.929. The molecule has 0 unspecified atom stereocenters. The lowest BCUT2D eigenvalue weighted by Gasteiger charge is -2.08. The first-order valence-electron chi connectivity index (χ1n) is 4.37. The maximum atomic E-state index is 11.3. The Hall–Kier alpha value is -1.63. The van der Waals surface area contributed by atoms with Crippen molar-refractivity contribution in [1.29, 1.82) is 0 Å². The van der Waals surface area contributed by atoms with Gasteiger partial charge in [0.15, 0.2) is 5.11 Å². The average molecular weight is 227 g/mol. The lowest BCUT2D eigenvalue weighted by Crippen LogP contribution is -2.46. The average Bonchev–Trinajstić information content (AvgIpc) is 2.60. The number of amides is 1. The number of nitrogens with one attached hydrogen (secondary N) is 3. The van der Waals surface area contributed by atoms with E-state index in [9.17, 15) is 4.79 Å². The smallest absolute Gasteiger partial charge is 0.260 e. The van der Waals surface area contributed by atoms with Crippen molar-refractivity contribution in [3.8, 4) is 0 Å². The number of carbonyl (C=O) groups is 1. The van der Waals surface area contributed by atoms with E-state index in [0.29, 0.717) is 5.11 Å². The molecular weight excluding hydrogens is 214 g/mol. The van der Waals surface area contributed by atoms with Gasteiger partial charge in [-0.1, -0.05) is 0 Å². The van der Waals surface area contributed by atoms with Gasteiger partial charge < -0.3 is 5.32 Å². The van der Waals surface area contributed by atoms with Crippen molar-refractivity contribution < 1.29 is 4.79 Å². The second-order valence-corrected chi connectivity index (χ2v) is 3.38. The fraction of sp³-hybridized carbons (Fsp3) is 0.375. The molecule has 1 rings (SSSR count). The fourth-order valence-corrected chi connectivity index (χ4v) is 0.980. The Labute approximate surface area is 93.0 Å². The predicted molar refractivity (Wildman–Crippen MR) is 59.9 cm³/mol. The standard InChI is InChI=1S/C8H13N5OS/c1-6-3-10-13(4-6)5-7(14)11-12-8(15)9-2/h3-4H,5H2,1-2H3,(H,11,14)(H2,9,12,15). The zero-order valence-electron chi connectivity index (χ0n) is 8.57. The first kappa shape index (κ1) is 11.4. The molecule has 0 aliphatic rings. The molecule has 6 nitrogen and oxygen atoms in total. The molecule has 0 aliphatic heterocycles. The lowest BCUT2D eigenvalue weighted by atomic mass is 10.4. The van der Waals surface area contributed by atoms with Gasteiger partial charge in [-0.05, 0) is 24.7 Å². The number of aryl methyl sites for hydroxylation is 1. The van der Waals surface area contributed by atoms with E-state index in [-0.39, 0.29) is 12.5 Å². The monoisotopic (exact) mass is 227 g/mol. The van der Waals surface area contributed by atoms with Crippen LogP contribution in [0.3, 0.4) is 0 Å². The van der Waals surface area contributed by atoms with Crippen molar-refractivity contribution in [1.82, 2.24) is 25.9 Å². The van der Waals surface area contributed by atoms with E-state index < -0.39 is 0 Å². The van der Waals surface area contributed by atoms with E-state index in [1.54, 1.807) is 24.1 Å². The Morgan fingerprint density at radius 3 is 2.87 bits per heavy atom. The molecule has 0 bridgehead atoms. The highest BCUT2D eigenvalue weighted by molar-refractivity contribution is 7.80. The van der Waals surface area contributed by atoms with E-state index in [1.807, 2.05) is 6.92 Å². The second-order valence-electron chi connectivity index (χ2n) is 2.97. The molecule has 7 heteroatoms. The van der Waals surface area contributed by atoms with Crippen LogP contribution >= 0.6 is 12.2 Å². The van der Waals surface area contributed by atoms with Crippen LogP contribution in [0.15, 0.2) is 12.4 Å². The molecule has 15 heavy (non-hydrogen) atoms. The molecule has 0 atom stereocenters. The van der Waals surface area contributed by atoms with Gasteiger partial charge in [0.2, 0.25) is 0 Å². The molecular formula is C8H13N5OS. The molecule has 0 aliphatic carbocycles. The van der Waals surface area contributed by atoms with E-state index in [0.717, 1.165) is 5.56 Å². The van der Waals surface area contributed by atoms with Crippen LogP contribution in [0, 0.1) is 6.92 Å². The van der Waals surface area contributed by atoms with Crippen molar-refractivity contribution in [3.05, 3.63) is 18.0 Å². The molecule has 0 radical (unpaired) electrons. The van der Waals surface area contributed by atoms with Crippen LogP contribution in [0.2, 0.25) is 0 Å². The Bertz CT molecular complexity index is 362. The van der Waals surface area contributed by atoms with Crippen molar-refractivity contribution in [2.45, 2.75) is 13.5 Å². The number of hydrogen-bond donors (Lipinski definition) is 3. The molecule has 1 amide bonds. The van der Waals surface area contributed by atoms with Gasteiger partial charge in [-0.15, -0.1) is 0 Å². The number of carbonyl (C=O) groups excluding carboxylic acids is 1. The van der Waals surface area contributed by atoms with Gasteiger partial charge in [-0.3, -0.25) is 20.3 Å². The predicted octanol–water partition coefficient (Wildman–Crippen LogP) is -0.683. The molecule has 1 heterocycles. The second kappa shape index (κ2) is 5.30. The van der Waals surface area contributed by atoms with Gasteiger partial charge in [0.25, 0.3) is 5.91 Å². The zero-order valence-corrected chi connectivity index (χ0v) is 9.39. The molecule has 1 aromatic heterocycles. The summed E-state index contributed by atoms with van der Waals surface area (Å²) in [6.07, 6.45) is 3.48. The largest absolute Gasteiger partial charge is 0.364 e. The summed E-state index contributed by atoms with van der Waals surface area (Å²) >= 11 is 4.78. The highest BCUT2D eigenvalue weighted by Gasteiger charge is 2.03. The third kappa shape index (κ3) is 3.94. The van der Waals surface area contributed by atoms with Crippen molar-refractivity contribution >= 4 is 23.2 Å². The first-order valence-corrected chi connectivity index (χ1v) is 4.78. The summed E-state index contributed by atoms with van der Waals surface area (Å²) in [5, 5.41) is 7.02. The summed E-state index contributed by atoms with van der Waals surface area (Å²) < 4.78 is 1.55.